The van der Waals surface area contributed by atoms with Crippen LogP contribution in [0, 0.1) is 0 Å². The van der Waals surface area contributed by atoms with Crippen molar-refractivity contribution >= 4 is 11.7 Å². The number of carbonyl (C=O) groups excluding carboxylic acids is 1. The van der Waals surface area contributed by atoms with Crippen molar-refractivity contribution in [3.8, 4) is 0 Å². The maximum atomic E-state index is 10.9. The van der Waals surface area contributed by atoms with Crippen LogP contribution in [0.3, 0.4) is 0 Å². The first kappa shape index (κ1) is 12.0. The summed E-state index contributed by atoms with van der Waals surface area (Å²) in [6, 6.07) is 4.41. The Morgan fingerprint density at radius 1 is 1.47 bits per heavy atom. The van der Waals surface area contributed by atoms with Crippen molar-refractivity contribution < 1.29 is 4.79 Å². The lowest BCUT2D eigenvalue weighted by Crippen LogP contribution is -2.29. The summed E-state index contributed by atoms with van der Waals surface area (Å²) < 4.78 is 0. The highest BCUT2D eigenvalue weighted by Gasteiger charge is 2.20. The van der Waals surface area contributed by atoms with E-state index in [1.54, 1.807) is 0 Å². The molecule has 0 radical (unpaired) electrons. The number of nitrogens with zero attached hydrogens (tertiary/aromatic N) is 2. The molecule has 0 bridgehead atoms. The van der Waals surface area contributed by atoms with Gasteiger partial charge in [-0.3, -0.25) is 9.69 Å². The maximum Gasteiger partial charge on any atom is 0.222 e. The van der Waals surface area contributed by atoms with E-state index in [1.807, 2.05) is 12.3 Å². The fourth-order valence-corrected chi connectivity index (χ4v) is 2.35. The van der Waals surface area contributed by atoms with Gasteiger partial charge < -0.3 is 5.32 Å². The zero-order valence-corrected chi connectivity index (χ0v) is 10.4. The molecule has 1 atom stereocenters. The van der Waals surface area contributed by atoms with Gasteiger partial charge in [-0.2, -0.15) is 0 Å². The highest BCUT2D eigenvalue weighted by atomic mass is 16.1. The van der Waals surface area contributed by atoms with Gasteiger partial charge in [-0.1, -0.05) is 12.5 Å². The van der Waals surface area contributed by atoms with Crippen LogP contribution in [0.4, 0.5) is 5.82 Å². The third-order valence-corrected chi connectivity index (χ3v) is 3.25. The number of piperidine rings is 1. The summed E-state index contributed by atoms with van der Waals surface area (Å²) in [5.41, 5.74) is 1.24. The summed E-state index contributed by atoms with van der Waals surface area (Å²) in [4.78, 5) is 17.5. The minimum Gasteiger partial charge on any atom is -0.311 e. The normalized spacial score (nSPS) is 21.2. The van der Waals surface area contributed by atoms with E-state index >= 15 is 0 Å². The molecular weight excluding hydrogens is 214 g/mol. The molecule has 1 aliphatic rings. The lowest BCUT2D eigenvalue weighted by atomic mass is 9.97. The van der Waals surface area contributed by atoms with Crippen molar-refractivity contribution in [1.29, 1.82) is 0 Å². The molecule has 2 rings (SSSR count). The average molecular weight is 233 g/mol. The van der Waals surface area contributed by atoms with Crippen LogP contribution >= 0.6 is 0 Å². The molecule has 0 aromatic carbocycles. The monoisotopic (exact) mass is 233 g/mol. The van der Waals surface area contributed by atoms with Crippen molar-refractivity contribution in [2.24, 2.45) is 0 Å². The van der Waals surface area contributed by atoms with Gasteiger partial charge in [-0.25, -0.2) is 4.98 Å². The van der Waals surface area contributed by atoms with E-state index in [0.717, 1.165) is 6.54 Å². The van der Waals surface area contributed by atoms with Crippen LogP contribution in [0.5, 0.6) is 0 Å². The number of nitrogens with one attached hydrogen (secondary N) is 1. The van der Waals surface area contributed by atoms with Crippen molar-refractivity contribution in [1.82, 2.24) is 9.88 Å². The Morgan fingerprint density at radius 2 is 2.29 bits per heavy atom. The van der Waals surface area contributed by atoms with Crippen molar-refractivity contribution in [3.63, 3.8) is 0 Å². The first-order valence-electron chi connectivity index (χ1n) is 6.10. The van der Waals surface area contributed by atoms with Crippen LogP contribution in [-0.2, 0) is 4.79 Å². The number of carbonyl (C=O) groups is 1. The Kier molecular flexibility index (Phi) is 3.74. The molecule has 1 amide bonds. The second-order valence-corrected chi connectivity index (χ2v) is 4.65. The van der Waals surface area contributed by atoms with Gasteiger partial charge in [0.1, 0.15) is 5.82 Å². The predicted octanol–water partition coefficient (Wildman–Crippen LogP) is 2.20. The Hall–Kier alpha value is -1.42. The quantitative estimate of drug-likeness (QED) is 0.851. The number of hydrogen-bond donors (Lipinski definition) is 1. The van der Waals surface area contributed by atoms with Crippen molar-refractivity contribution in [3.05, 3.63) is 23.9 Å². The first-order valence-corrected chi connectivity index (χ1v) is 6.10. The van der Waals surface area contributed by atoms with Gasteiger partial charge in [0.05, 0.1) is 0 Å². The van der Waals surface area contributed by atoms with Gasteiger partial charge in [0.25, 0.3) is 0 Å². The summed E-state index contributed by atoms with van der Waals surface area (Å²) in [7, 11) is 2.16. The summed E-state index contributed by atoms with van der Waals surface area (Å²) in [6.45, 7) is 2.64. The molecular formula is C13H19N3O. The molecule has 1 aromatic rings. The maximum absolute atomic E-state index is 10.9. The van der Waals surface area contributed by atoms with Crippen LogP contribution in [-0.4, -0.2) is 29.4 Å². The Labute approximate surface area is 102 Å². The van der Waals surface area contributed by atoms with Crippen LogP contribution in [0.1, 0.15) is 37.8 Å². The molecule has 0 saturated carbocycles. The zero-order chi connectivity index (χ0) is 12.3. The van der Waals surface area contributed by atoms with E-state index in [2.05, 4.69) is 28.3 Å². The molecule has 2 heterocycles. The summed E-state index contributed by atoms with van der Waals surface area (Å²) in [5.74, 6) is 0.541. The molecule has 0 aliphatic carbocycles. The number of pyridine rings is 1. The molecule has 1 aliphatic heterocycles. The van der Waals surface area contributed by atoms with Crippen molar-refractivity contribution in [2.45, 2.75) is 32.2 Å². The van der Waals surface area contributed by atoms with Gasteiger partial charge in [-0.05, 0) is 38.1 Å². The molecule has 92 valence electrons. The van der Waals surface area contributed by atoms with Gasteiger partial charge in [0.15, 0.2) is 0 Å². The number of likely N-dealkylation sites (tertiary alicyclic amines) is 1. The van der Waals surface area contributed by atoms with E-state index in [0.29, 0.717) is 11.9 Å². The molecule has 1 saturated heterocycles. The largest absolute Gasteiger partial charge is 0.311 e. The van der Waals surface area contributed by atoms with Crippen LogP contribution < -0.4 is 5.32 Å². The lowest BCUT2D eigenvalue weighted by molar-refractivity contribution is -0.114. The smallest absolute Gasteiger partial charge is 0.222 e. The van der Waals surface area contributed by atoms with E-state index in [-0.39, 0.29) is 5.91 Å². The average Bonchev–Trinajstić information content (AvgIpc) is 2.30. The molecule has 17 heavy (non-hydrogen) atoms. The summed E-state index contributed by atoms with van der Waals surface area (Å²) >= 11 is 0. The van der Waals surface area contributed by atoms with E-state index in [4.69, 9.17) is 0 Å². The third-order valence-electron chi connectivity index (χ3n) is 3.25. The standard InChI is InChI=1S/C13H19N3O/c1-10(17)15-13-7-6-11(9-14-13)12-5-3-4-8-16(12)2/h6-7,9,12H,3-5,8H2,1-2H3,(H,14,15,17). The number of anilines is 1. The fraction of sp³-hybridized carbons (Fsp3) is 0.538. The molecule has 1 aromatic heterocycles. The van der Waals surface area contributed by atoms with Gasteiger partial charge in [0, 0.05) is 19.2 Å². The Balaban J connectivity index is 2.08. The minimum absolute atomic E-state index is 0.0833. The fourth-order valence-electron chi connectivity index (χ4n) is 2.35. The van der Waals surface area contributed by atoms with Crippen LogP contribution in [0.15, 0.2) is 18.3 Å². The second kappa shape index (κ2) is 5.27. The summed E-state index contributed by atoms with van der Waals surface area (Å²) in [5, 5.41) is 2.68. The highest BCUT2D eigenvalue weighted by Crippen LogP contribution is 2.29. The molecule has 1 N–H and O–H groups in total. The lowest BCUT2D eigenvalue weighted by Gasteiger charge is -2.32. The number of amides is 1. The topological polar surface area (TPSA) is 45.2 Å². The SMILES string of the molecule is CC(=O)Nc1ccc(C2CCCCN2C)cn1. The zero-order valence-electron chi connectivity index (χ0n) is 10.4. The third kappa shape index (κ3) is 3.03. The van der Waals surface area contributed by atoms with Crippen molar-refractivity contribution in [2.75, 3.05) is 18.9 Å². The van der Waals surface area contributed by atoms with Gasteiger partial charge in [0.2, 0.25) is 5.91 Å². The molecule has 1 unspecified atom stereocenters. The molecule has 4 nitrogen and oxygen atoms in total. The van der Waals surface area contributed by atoms with Gasteiger partial charge in [-0.15, -0.1) is 0 Å². The summed E-state index contributed by atoms with van der Waals surface area (Å²) in [6.07, 6.45) is 5.63. The van der Waals surface area contributed by atoms with Gasteiger partial charge >= 0.3 is 0 Å². The highest BCUT2D eigenvalue weighted by molar-refractivity contribution is 5.87. The molecule has 0 spiro atoms. The number of rotatable bonds is 2. The van der Waals surface area contributed by atoms with E-state index in [1.165, 1.54) is 31.7 Å². The molecule has 1 fully saturated rings. The van der Waals surface area contributed by atoms with E-state index < -0.39 is 0 Å². The van der Waals surface area contributed by atoms with Crippen LogP contribution in [0.2, 0.25) is 0 Å². The predicted molar refractivity (Wildman–Crippen MR) is 67.8 cm³/mol. The first-order chi connectivity index (χ1) is 8.16. The molecule has 4 heteroatoms. The Bertz CT molecular complexity index is 388. The minimum atomic E-state index is -0.0833. The number of hydrogen-bond acceptors (Lipinski definition) is 3. The Morgan fingerprint density at radius 3 is 2.88 bits per heavy atom. The number of aromatic nitrogens is 1. The second-order valence-electron chi connectivity index (χ2n) is 4.65. The van der Waals surface area contributed by atoms with Crippen LogP contribution in [0.25, 0.3) is 0 Å². The van der Waals surface area contributed by atoms with E-state index in [9.17, 15) is 4.79 Å².